The summed E-state index contributed by atoms with van der Waals surface area (Å²) in [6, 6.07) is 4.53. The van der Waals surface area contributed by atoms with Crippen LogP contribution in [0.25, 0.3) is 11.1 Å². The largest absolute Gasteiger partial charge is 0.152 e. The summed E-state index contributed by atoms with van der Waals surface area (Å²) in [5.74, 6) is 0. The van der Waals surface area contributed by atoms with Gasteiger partial charge in [-0.25, -0.2) is 0 Å². The van der Waals surface area contributed by atoms with Gasteiger partial charge in [-0.3, -0.25) is 0 Å². The van der Waals surface area contributed by atoms with Crippen LogP contribution in [-0.4, -0.2) is 0 Å². The molecule has 0 aliphatic heterocycles. The van der Waals surface area contributed by atoms with Gasteiger partial charge in [-0.15, -0.1) is 11.3 Å². The molecule has 2 heteroatoms. The van der Waals surface area contributed by atoms with Crippen LogP contribution in [-0.2, 0) is 6.42 Å². The predicted molar refractivity (Wildman–Crippen MR) is 66.2 cm³/mol. The average molecular weight is 222 g/mol. The monoisotopic (exact) mass is 222 g/mol. The van der Waals surface area contributed by atoms with Gasteiger partial charge in [-0.1, -0.05) is 13.3 Å². The summed E-state index contributed by atoms with van der Waals surface area (Å²) in [7, 11) is 0. The molecule has 14 heavy (non-hydrogen) atoms. The van der Waals surface area contributed by atoms with Gasteiger partial charge in [-0.05, 0) is 52.2 Å². The van der Waals surface area contributed by atoms with E-state index in [1.807, 2.05) is 11.3 Å². The molecular weight excluding hydrogens is 208 g/mol. The first kappa shape index (κ1) is 9.94. The molecule has 0 nitrogen and oxygen atoms in total. The number of rotatable bonds is 4. The molecule has 0 radical (unpaired) electrons. The minimum atomic E-state index is 1.24. The molecule has 2 aromatic heterocycles. The number of unbranched alkanes of at least 4 members (excludes halogenated alkanes) is 1. The van der Waals surface area contributed by atoms with Crippen molar-refractivity contribution in [2.24, 2.45) is 0 Å². The maximum atomic E-state index is 2.34. The maximum absolute atomic E-state index is 2.34. The number of hydrogen-bond acceptors (Lipinski definition) is 2. The molecule has 2 aromatic rings. The summed E-state index contributed by atoms with van der Waals surface area (Å²) in [6.07, 6.45) is 3.83. The van der Waals surface area contributed by atoms with E-state index in [0.29, 0.717) is 0 Å². The Balaban J connectivity index is 2.10. The van der Waals surface area contributed by atoms with Gasteiger partial charge in [0.2, 0.25) is 0 Å². The maximum Gasteiger partial charge on any atom is 0.00516 e. The molecule has 0 unspecified atom stereocenters. The molecule has 2 rings (SSSR count). The summed E-state index contributed by atoms with van der Waals surface area (Å²) in [5, 5.41) is 6.62. The minimum Gasteiger partial charge on any atom is -0.152 e. The summed E-state index contributed by atoms with van der Waals surface area (Å²) < 4.78 is 0. The van der Waals surface area contributed by atoms with Crippen molar-refractivity contribution in [2.45, 2.75) is 26.2 Å². The van der Waals surface area contributed by atoms with Crippen molar-refractivity contribution in [3.8, 4) is 11.1 Å². The molecule has 0 bridgehead atoms. The molecule has 0 spiro atoms. The third-order valence-corrected chi connectivity index (χ3v) is 3.96. The van der Waals surface area contributed by atoms with Crippen LogP contribution in [0, 0.1) is 0 Å². The van der Waals surface area contributed by atoms with Crippen molar-refractivity contribution >= 4 is 22.7 Å². The van der Waals surface area contributed by atoms with Gasteiger partial charge < -0.3 is 0 Å². The lowest BCUT2D eigenvalue weighted by Gasteiger charge is -1.92. The Bertz CT molecular complexity index is 371. The van der Waals surface area contributed by atoms with Gasteiger partial charge in [0.25, 0.3) is 0 Å². The van der Waals surface area contributed by atoms with Crippen molar-refractivity contribution in [3.63, 3.8) is 0 Å². The predicted octanol–water partition coefficient (Wildman–Crippen LogP) is 4.82. The Morgan fingerprint density at radius 1 is 1.21 bits per heavy atom. The van der Waals surface area contributed by atoms with Crippen molar-refractivity contribution in [2.75, 3.05) is 0 Å². The fourth-order valence-electron chi connectivity index (χ4n) is 1.44. The topological polar surface area (TPSA) is 0 Å². The van der Waals surface area contributed by atoms with E-state index in [1.165, 1.54) is 35.3 Å². The van der Waals surface area contributed by atoms with Crippen LogP contribution >= 0.6 is 22.7 Å². The lowest BCUT2D eigenvalue weighted by molar-refractivity contribution is 0.804. The summed E-state index contributed by atoms with van der Waals surface area (Å²) in [5.41, 5.74) is 2.76. The molecule has 2 heterocycles. The zero-order chi connectivity index (χ0) is 9.80. The standard InChI is InChI=1S/C12H14S2/c1-2-3-4-12-7-11(9-14-12)10-5-6-13-8-10/h5-9H,2-4H2,1H3. The second-order valence-corrected chi connectivity index (χ2v) is 5.19. The van der Waals surface area contributed by atoms with Crippen LogP contribution in [0.2, 0.25) is 0 Å². The molecule has 0 saturated heterocycles. The Hall–Kier alpha value is -0.600. The highest BCUT2D eigenvalue weighted by atomic mass is 32.1. The highest BCUT2D eigenvalue weighted by Gasteiger charge is 2.01. The second kappa shape index (κ2) is 4.76. The third kappa shape index (κ3) is 2.25. The number of aryl methyl sites for hydroxylation is 1. The van der Waals surface area contributed by atoms with Gasteiger partial charge in [-0.2, -0.15) is 11.3 Å². The Morgan fingerprint density at radius 2 is 2.14 bits per heavy atom. The van der Waals surface area contributed by atoms with Crippen molar-refractivity contribution in [1.29, 1.82) is 0 Å². The first-order valence-electron chi connectivity index (χ1n) is 5.00. The van der Waals surface area contributed by atoms with Crippen LogP contribution in [0.3, 0.4) is 0 Å². The summed E-state index contributed by atoms with van der Waals surface area (Å²) in [4.78, 5) is 1.52. The molecule has 0 N–H and O–H groups in total. The van der Waals surface area contributed by atoms with Crippen LogP contribution < -0.4 is 0 Å². The highest BCUT2D eigenvalue weighted by Crippen LogP contribution is 2.28. The molecule has 0 fully saturated rings. The molecule has 0 aromatic carbocycles. The van der Waals surface area contributed by atoms with E-state index in [-0.39, 0.29) is 0 Å². The molecule has 74 valence electrons. The van der Waals surface area contributed by atoms with E-state index in [9.17, 15) is 0 Å². The molecule has 0 saturated carbocycles. The van der Waals surface area contributed by atoms with Gasteiger partial charge in [0, 0.05) is 4.88 Å². The van der Waals surface area contributed by atoms with E-state index in [2.05, 4.69) is 35.2 Å². The molecule has 0 atom stereocenters. The second-order valence-electron chi connectivity index (χ2n) is 3.42. The summed E-state index contributed by atoms with van der Waals surface area (Å²) >= 11 is 3.66. The molecule has 0 aliphatic carbocycles. The van der Waals surface area contributed by atoms with E-state index in [4.69, 9.17) is 0 Å². The fraction of sp³-hybridized carbons (Fsp3) is 0.333. The quantitative estimate of drug-likeness (QED) is 0.695. The highest BCUT2D eigenvalue weighted by molar-refractivity contribution is 7.10. The van der Waals surface area contributed by atoms with Gasteiger partial charge in [0.15, 0.2) is 0 Å². The van der Waals surface area contributed by atoms with E-state index in [0.717, 1.165) is 0 Å². The lowest BCUT2D eigenvalue weighted by atomic mass is 10.1. The van der Waals surface area contributed by atoms with E-state index >= 15 is 0 Å². The number of thiophene rings is 2. The van der Waals surface area contributed by atoms with Crippen LogP contribution in [0.15, 0.2) is 28.3 Å². The van der Waals surface area contributed by atoms with Gasteiger partial charge in [0.1, 0.15) is 0 Å². The van der Waals surface area contributed by atoms with E-state index < -0.39 is 0 Å². The zero-order valence-corrected chi connectivity index (χ0v) is 9.96. The number of hydrogen-bond donors (Lipinski definition) is 0. The van der Waals surface area contributed by atoms with Crippen LogP contribution in [0.5, 0.6) is 0 Å². The normalized spacial score (nSPS) is 10.6. The van der Waals surface area contributed by atoms with Crippen LogP contribution in [0.4, 0.5) is 0 Å². The van der Waals surface area contributed by atoms with Crippen molar-refractivity contribution in [3.05, 3.63) is 33.2 Å². The SMILES string of the molecule is CCCCc1cc(-c2ccsc2)cs1. The lowest BCUT2D eigenvalue weighted by Crippen LogP contribution is -1.77. The first-order valence-corrected chi connectivity index (χ1v) is 6.82. The van der Waals surface area contributed by atoms with Crippen molar-refractivity contribution < 1.29 is 0 Å². The average Bonchev–Trinajstić information content (AvgIpc) is 2.85. The van der Waals surface area contributed by atoms with E-state index in [1.54, 1.807) is 11.3 Å². The molecular formula is C12H14S2. The summed E-state index contributed by atoms with van der Waals surface area (Å²) in [6.45, 7) is 2.24. The Morgan fingerprint density at radius 3 is 2.86 bits per heavy atom. The Kier molecular flexibility index (Phi) is 3.38. The van der Waals surface area contributed by atoms with Crippen LogP contribution in [0.1, 0.15) is 24.6 Å². The molecule has 0 amide bonds. The Labute approximate surface area is 93.2 Å². The minimum absolute atomic E-state index is 1.24. The molecule has 0 aliphatic rings. The fourth-order valence-corrected chi connectivity index (χ4v) is 3.05. The zero-order valence-electron chi connectivity index (χ0n) is 8.32. The smallest absolute Gasteiger partial charge is 0.00516 e. The van der Waals surface area contributed by atoms with Gasteiger partial charge >= 0.3 is 0 Å². The first-order chi connectivity index (χ1) is 6.90. The third-order valence-electron chi connectivity index (χ3n) is 2.28. The van der Waals surface area contributed by atoms with Crippen molar-refractivity contribution in [1.82, 2.24) is 0 Å². The van der Waals surface area contributed by atoms with Gasteiger partial charge in [0.05, 0.1) is 0 Å².